The molecular formula is C21H20O9. The van der Waals surface area contributed by atoms with Crippen molar-refractivity contribution in [3.05, 3.63) is 52.9 Å². The maximum Gasteiger partial charge on any atom is 0.229 e. The second-order valence-electron chi connectivity index (χ2n) is 7.14. The largest absolute Gasteiger partial charge is 0.508 e. The summed E-state index contributed by atoms with van der Waals surface area (Å²) in [6, 6.07) is 8.46. The average Bonchev–Trinajstić information content (AvgIpc) is 2.71. The van der Waals surface area contributed by atoms with Gasteiger partial charge < -0.3 is 39.4 Å². The van der Waals surface area contributed by atoms with Crippen molar-refractivity contribution in [1.29, 1.82) is 0 Å². The Kier molecular flexibility index (Phi) is 5.12. The monoisotopic (exact) mass is 416 g/mol. The van der Waals surface area contributed by atoms with Crippen LogP contribution in [0.2, 0.25) is 0 Å². The molecule has 2 heterocycles. The van der Waals surface area contributed by atoms with E-state index < -0.39 is 41.9 Å². The summed E-state index contributed by atoms with van der Waals surface area (Å²) in [5.41, 5.74) is 0.260. The highest BCUT2D eigenvalue weighted by Gasteiger charge is 2.43. The molecule has 1 aliphatic heterocycles. The van der Waals surface area contributed by atoms with Crippen LogP contribution in [0.25, 0.3) is 22.1 Å². The van der Waals surface area contributed by atoms with Crippen LogP contribution in [0, 0.1) is 0 Å². The standard InChI is InChI=1S/C21H20O9/c1-9-17(24)19(26)20(27)21(29-9)30-12-6-14(23)16-15(7-12)28-8-13(18(16)25)10-2-4-11(22)5-3-10/h2-9,17,19-24,26-27H,1H3/t9-,17-,19-,20-,21+/m1/s1. The van der Waals surface area contributed by atoms with Crippen LogP contribution in [0.1, 0.15) is 6.92 Å². The Balaban J connectivity index is 1.69. The summed E-state index contributed by atoms with van der Waals surface area (Å²) >= 11 is 0. The highest BCUT2D eigenvalue weighted by molar-refractivity contribution is 5.88. The van der Waals surface area contributed by atoms with Gasteiger partial charge in [0.15, 0.2) is 0 Å². The molecule has 4 rings (SSSR count). The molecule has 2 aromatic carbocycles. The Morgan fingerprint density at radius 3 is 2.37 bits per heavy atom. The fourth-order valence-corrected chi connectivity index (χ4v) is 3.36. The summed E-state index contributed by atoms with van der Waals surface area (Å²) in [5, 5.41) is 49.5. The first-order valence-corrected chi connectivity index (χ1v) is 9.20. The molecule has 3 aromatic rings. The lowest BCUT2D eigenvalue weighted by molar-refractivity contribution is -0.268. The molecule has 1 fully saturated rings. The van der Waals surface area contributed by atoms with Gasteiger partial charge in [-0.2, -0.15) is 0 Å². The van der Waals surface area contributed by atoms with E-state index in [9.17, 15) is 30.3 Å². The summed E-state index contributed by atoms with van der Waals surface area (Å²) < 4.78 is 16.4. The van der Waals surface area contributed by atoms with Crippen LogP contribution in [-0.4, -0.2) is 56.2 Å². The van der Waals surface area contributed by atoms with Crippen molar-refractivity contribution in [1.82, 2.24) is 0 Å². The van der Waals surface area contributed by atoms with E-state index in [0.717, 1.165) is 6.07 Å². The molecule has 0 amide bonds. The fourth-order valence-electron chi connectivity index (χ4n) is 3.36. The minimum absolute atomic E-state index is 0.0281. The lowest BCUT2D eigenvalue weighted by Gasteiger charge is -2.38. The second kappa shape index (κ2) is 7.62. The summed E-state index contributed by atoms with van der Waals surface area (Å²) in [6.45, 7) is 1.51. The van der Waals surface area contributed by atoms with Crippen LogP contribution in [-0.2, 0) is 4.74 Å². The summed E-state index contributed by atoms with van der Waals surface area (Å²) in [6.07, 6.45) is -5.15. The highest BCUT2D eigenvalue weighted by atomic mass is 16.7. The van der Waals surface area contributed by atoms with Gasteiger partial charge in [-0.15, -0.1) is 0 Å². The van der Waals surface area contributed by atoms with Crippen molar-refractivity contribution in [2.45, 2.75) is 37.6 Å². The number of phenols is 2. The van der Waals surface area contributed by atoms with Crippen LogP contribution >= 0.6 is 0 Å². The first kappa shape index (κ1) is 20.2. The molecule has 9 nitrogen and oxygen atoms in total. The molecule has 1 aromatic heterocycles. The van der Waals surface area contributed by atoms with Gasteiger partial charge >= 0.3 is 0 Å². The lowest BCUT2D eigenvalue weighted by Crippen LogP contribution is -2.58. The average molecular weight is 416 g/mol. The molecular weight excluding hydrogens is 396 g/mol. The molecule has 0 saturated carbocycles. The molecule has 158 valence electrons. The zero-order valence-electron chi connectivity index (χ0n) is 15.8. The minimum atomic E-state index is -1.53. The number of rotatable bonds is 3. The molecule has 0 unspecified atom stereocenters. The Morgan fingerprint density at radius 2 is 1.67 bits per heavy atom. The van der Waals surface area contributed by atoms with Crippen molar-refractivity contribution in [3.8, 4) is 28.4 Å². The van der Waals surface area contributed by atoms with Crippen LogP contribution < -0.4 is 10.2 Å². The molecule has 5 N–H and O–H groups in total. The number of fused-ring (bicyclic) bond motifs is 1. The second-order valence-corrected chi connectivity index (χ2v) is 7.14. The van der Waals surface area contributed by atoms with E-state index in [4.69, 9.17) is 13.9 Å². The predicted molar refractivity (Wildman–Crippen MR) is 104 cm³/mol. The van der Waals surface area contributed by atoms with Gasteiger partial charge in [-0.3, -0.25) is 4.79 Å². The summed E-state index contributed by atoms with van der Waals surface area (Å²) in [5.74, 6) is -0.330. The molecule has 0 bridgehead atoms. The van der Waals surface area contributed by atoms with E-state index in [1.807, 2.05) is 0 Å². The molecule has 0 spiro atoms. The summed E-state index contributed by atoms with van der Waals surface area (Å²) in [4.78, 5) is 12.9. The normalized spacial score (nSPS) is 26.6. The molecule has 0 radical (unpaired) electrons. The van der Waals surface area contributed by atoms with Gasteiger partial charge in [0.05, 0.1) is 11.7 Å². The quantitative estimate of drug-likeness (QED) is 0.423. The Morgan fingerprint density at radius 1 is 0.967 bits per heavy atom. The van der Waals surface area contributed by atoms with Gasteiger partial charge in [0.25, 0.3) is 0 Å². The van der Waals surface area contributed by atoms with Gasteiger partial charge in [0.1, 0.15) is 52.8 Å². The number of hydrogen-bond donors (Lipinski definition) is 5. The zero-order valence-corrected chi connectivity index (χ0v) is 15.8. The van der Waals surface area contributed by atoms with Crippen LogP contribution in [0.4, 0.5) is 0 Å². The highest BCUT2D eigenvalue weighted by Crippen LogP contribution is 2.32. The van der Waals surface area contributed by atoms with E-state index in [-0.39, 0.29) is 28.0 Å². The maximum atomic E-state index is 12.9. The number of benzene rings is 2. The van der Waals surface area contributed by atoms with Crippen molar-refractivity contribution in [2.24, 2.45) is 0 Å². The Hall–Kier alpha value is -3.11. The van der Waals surface area contributed by atoms with Gasteiger partial charge in [0.2, 0.25) is 11.7 Å². The number of aliphatic hydroxyl groups excluding tert-OH is 3. The zero-order chi connectivity index (χ0) is 21.6. The first-order chi connectivity index (χ1) is 14.3. The first-order valence-electron chi connectivity index (χ1n) is 9.20. The van der Waals surface area contributed by atoms with Crippen LogP contribution in [0.5, 0.6) is 17.2 Å². The third-order valence-electron chi connectivity index (χ3n) is 5.07. The van der Waals surface area contributed by atoms with Gasteiger partial charge in [-0.05, 0) is 24.6 Å². The van der Waals surface area contributed by atoms with Crippen molar-refractivity contribution in [3.63, 3.8) is 0 Å². The molecule has 30 heavy (non-hydrogen) atoms. The number of hydrogen-bond acceptors (Lipinski definition) is 9. The van der Waals surface area contributed by atoms with Gasteiger partial charge in [-0.1, -0.05) is 12.1 Å². The van der Waals surface area contributed by atoms with Crippen LogP contribution in [0.15, 0.2) is 51.9 Å². The van der Waals surface area contributed by atoms with Gasteiger partial charge in [0, 0.05) is 12.1 Å². The molecule has 0 aliphatic carbocycles. The van der Waals surface area contributed by atoms with E-state index in [2.05, 4.69) is 0 Å². The van der Waals surface area contributed by atoms with Crippen LogP contribution in [0.3, 0.4) is 0 Å². The Bertz CT molecular complexity index is 1120. The van der Waals surface area contributed by atoms with Crippen molar-refractivity contribution in [2.75, 3.05) is 0 Å². The minimum Gasteiger partial charge on any atom is -0.508 e. The fraction of sp³-hybridized carbons (Fsp3) is 0.286. The number of phenolic OH excluding ortho intramolecular Hbond substituents is 2. The topological polar surface area (TPSA) is 150 Å². The molecule has 9 heteroatoms. The number of aromatic hydroxyl groups is 2. The SMILES string of the molecule is C[C@H]1O[C@@H](Oc2cc(O)c3c(=O)c(-c4ccc(O)cc4)coc3c2)[C@H](O)[C@H](O)[C@@H]1O. The molecule has 5 atom stereocenters. The maximum absolute atomic E-state index is 12.9. The lowest BCUT2D eigenvalue weighted by atomic mass is 10.00. The van der Waals surface area contributed by atoms with E-state index in [1.165, 1.54) is 31.4 Å². The smallest absolute Gasteiger partial charge is 0.229 e. The molecule has 1 saturated heterocycles. The van der Waals surface area contributed by atoms with E-state index in [0.29, 0.717) is 5.56 Å². The van der Waals surface area contributed by atoms with Gasteiger partial charge in [-0.25, -0.2) is 0 Å². The number of ether oxygens (including phenoxy) is 2. The third-order valence-corrected chi connectivity index (χ3v) is 5.07. The van der Waals surface area contributed by atoms with E-state index in [1.54, 1.807) is 12.1 Å². The Labute approximate surface area is 170 Å². The summed E-state index contributed by atoms with van der Waals surface area (Å²) in [7, 11) is 0. The third kappa shape index (κ3) is 3.48. The number of aliphatic hydroxyl groups is 3. The van der Waals surface area contributed by atoms with Crippen molar-refractivity contribution >= 4 is 11.0 Å². The molecule has 1 aliphatic rings. The predicted octanol–water partition coefficient (Wildman–Crippen LogP) is 1.08. The van der Waals surface area contributed by atoms with E-state index >= 15 is 0 Å². The van der Waals surface area contributed by atoms with Crippen molar-refractivity contribution < 1.29 is 39.4 Å².